The third-order valence-electron chi connectivity index (χ3n) is 13.8. The maximum atomic E-state index is 5.61. The number of anilines is 8. The lowest BCUT2D eigenvalue weighted by Crippen LogP contribution is -2.34. The highest BCUT2D eigenvalue weighted by Crippen LogP contribution is 2.57. The zero-order valence-corrected chi connectivity index (χ0v) is 42.5. The topological polar surface area (TPSA) is 64.5 Å². The summed E-state index contributed by atoms with van der Waals surface area (Å²) in [5.74, 6) is 4.56. The summed E-state index contributed by atoms with van der Waals surface area (Å²) < 4.78 is 0. The van der Waals surface area contributed by atoms with Crippen molar-refractivity contribution in [2.45, 2.75) is 52.4 Å². The molecular formula is C66H56N8. The Balaban J connectivity index is 1.24. The molecule has 8 nitrogen and oxygen atoms in total. The first-order chi connectivity index (χ1) is 36.0. The molecule has 12 rings (SSSR count). The molecule has 2 aliphatic heterocycles. The molecule has 0 saturated heterocycles. The van der Waals surface area contributed by atoms with Gasteiger partial charge in [0, 0.05) is 22.3 Å². The molecule has 8 heteroatoms. The largest absolute Gasteiger partial charge is 0.275 e. The molecule has 2 aliphatic rings. The van der Waals surface area contributed by atoms with Crippen molar-refractivity contribution in [3.63, 3.8) is 0 Å². The van der Waals surface area contributed by atoms with Crippen molar-refractivity contribution in [1.82, 2.24) is 19.9 Å². The summed E-state index contributed by atoms with van der Waals surface area (Å²) in [5.41, 5.74) is 13.4. The zero-order valence-electron chi connectivity index (χ0n) is 42.5. The van der Waals surface area contributed by atoms with Gasteiger partial charge in [0.15, 0.2) is 11.6 Å². The first-order valence-corrected chi connectivity index (χ1v) is 25.3. The van der Waals surface area contributed by atoms with Gasteiger partial charge in [0.1, 0.15) is 23.3 Å². The van der Waals surface area contributed by atoms with Crippen LogP contribution >= 0.6 is 0 Å². The Labute approximate surface area is 434 Å². The summed E-state index contributed by atoms with van der Waals surface area (Å²) in [7, 11) is 0. The van der Waals surface area contributed by atoms with Gasteiger partial charge in [0.05, 0.1) is 45.5 Å². The summed E-state index contributed by atoms with van der Waals surface area (Å²) in [4.78, 5) is 31.7. The molecule has 10 aromatic rings. The number of benzene rings is 6. The van der Waals surface area contributed by atoms with E-state index in [0.717, 1.165) is 103 Å². The Morgan fingerprint density at radius 1 is 0.257 bits per heavy atom. The molecule has 0 fully saturated rings. The van der Waals surface area contributed by atoms with Crippen LogP contribution in [0.3, 0.4) is 0 Å². The van der Waals surface area contributed by atoms with Crippen molar-refractivity contribution < 1.29 is 0 Å². The Morgan fingerprint density at radius 3 is 0.770 bits per heavy atom. The van der Waals surface area contributed by atoms with E-state index in [1.807, 2.05) is 24.3 Å². The van der Waals surface area contributed by atoms with Crippen LogP contribution in [0.4, 0.5) is 46.0 Å². The molecule has 0 spiro atoms. The van der Waals surface area contributed by atoms with Gasteiger partial charge in [0.25, 0.3) is 0 Å². The molecule has 0 saturated carbocycles. The first kappa shape index (κ1) is 46.0. The third-order valence-corrected chi connectivity index (χ3v) is 13.8. The van der Waals surface area contributed by atoms with Gasteiger partial charge in [-0.1, -0.05) is 199 Å². The molecule has 360 valence electrons. The lowest BCUT2D eigenvalue weighted by Gasteiger charge is -2.33. The van der Waals surface area contributed by atoms with Gasteiger partial charge in [-0.05, 0) is 94.8 Å². The van der Waals surface area contributed by atoms with Crippen LogP contribution in [0, 0.1) is 0 Å². The van der Waals surface area contributed by atoms with Crippen LogP contribution in [0.25, 0.3) is 45.0 Å². The van der Waals surface area contributed by atoms with Gasteiger partial charge in [-0.25, -0.2) is 19.9 Å². The third kappa shape index (κ3) is 8.44. The predicted molar refractivity (Wildman–Crippen MR) is 305 cm³/mol. The van der Waals surface area contributed by atoms with Crippen LogP contribution in [0.15, 0.2) is 242 Å². The SMILES string of the molecule is CC(C)(C)c1ccc2c(c1)N(c1cccc(-c3ccccc3)n1)/C(=C1\N(c3cccc(-c4ccccc4)n3)c3ccc(C(C)(C)C)cc3N1c1cccc(-c3ccccc3)n1)N2c1cccc(-c2ccccc2)n1. The van der Waals surface area contributed by atoms with Crippen LogP contribution in [0.5, 0.6) is 0 Å². The minimum atomic E-state index is -0.180. The maximum Gasteiger partial charge on any atom is 0.168 e. The minimum absolute atomic E-state index is 0.180. The van der Waals surface area contributed by atoms with Gasteiger partial charge in [-0.2, -0.15) is 0 Å². The zero-order chi connectivity index (χ0) is 50.6. The van der Waals surface area contributed by atoms with E-state index in [4.69, 9.17) is 19.9 Å². The van der Waals surface area contributed by atoms with Crippen molar-refractivity contribution >= 4 is 46.0 Å². The van der Waals surface area contributed by atoms with Crippen LogP contribution in [0.2, 0.25) is 0 Å². The molecular weight excluding hydrogens is 905 g/mol. The maximum absolute atomic E-state index is 5.61. The average Bonchev–Trinajstić information content (AvgIpc) is 3.98. The normalized spacial score (nSPS) is 14.4. The van der Waals surface area contributed by atoms with E-state index >= 15 is 0 Å². The molecule has 6 aromatic carbocycles. The van der Waals surface area contributed by atoms with Crippen LogP contribution in [-0.2, 0) is 10.8 Å². The Kier molecular flexibility index (Phi) is 11.5. The number of fused-ring (bicyclic) bond motifs is 2. The van der Waals surface area contributed by atoms with Gasteiger partial charge in [-0.15, -0.1) is 0 Å². The second kappa shape index (κ2) is 18.5. The van der Waals surface area contributed by atoms with Gasteiger partial charge < -0.3 is 0 Å². The van der Waals surface area contributed by atoms with E-state index in [-0.39, 0.29) is 10.8 Å². The number of hydrogen-bond acceptors (Lipinski definition) is 8. The second-order valence-corrected chi connectivity index (χ2v) is 20.9. The van der Waals surface area contributed by atoms with Crippen molar-refractivity contribution in [2.75, 3.05) is 19.6 Å². The van der Waals surface area contributed by atoms with Gasteiger partial charge >= 0.3 is 0 Å². The van der Waals surface area contributed by atoms with E-state index < -0.39 is 0 Å². The van der Waals surface area contributed by atoms with E-state index in [1.54, 1.807) is 0 Å². The Hall–Kier alpha value is -9.14. The van der Waals surface area contributed by atoms with E-state index in [9.17, 15) is 0 Å². The smallest absolute Gasteiger partial charge is 0.168 e. The molecule has 0 unspecified atom stereocenters. The quantitative estimate of drug-likeness (QED) is 0.149. The number of nitrogens with zero attached hydrogens (tertiary/aromatic N) is 8. The molecule has 0 aliphatic carbocycles. The molecule has 0 N–H and O–H groups in total. The highest BCUT2D eigenvalue weighted by Gasteiger charge is 2.46. The predicted octanol–water partition coefficient (Wildman–Crippen LogP) is 16.9. The first-order valence-electron chi connectivity index (χ1n) is 25.3. The van der Waals surface area contributed by atoms with E-state index in [2.05, 4.69) is 267 Å². The summed E-state index contributed by atoms with van der Waals surface area (Å²) in [6.45, 7) is 13.6. The number of hydrogen-bond donors (Lipinski definition) is 0. The van der Waals surface area contributed by atoms with E-state index in [1.165, 1.54) is 11.1 Å². The van der Waals surface area contributed by atoms with Crippen molar-refractivity contribution in [2.24, 2.45) is 0 Å². The number of aromatic nitrogens is 4. The van der Waals surface area contributed by atoms with Crippen LogP contribution in [-0.4, -0.2) is 19.9 Å². The summed E-state index contributed by atoms with van der Waals surface area (Å²) in [5, 5.41) is 0. The number of pyridine rings is 4. The fourth-order valence-electron chi connectivity index (χ4n) is 9.97. The van der Waals surface area contributed by atoms with Crippen molar-refractivity contribution in [3.05, 3.63) is 253 Å². The lowest BCUT2D eigenvalue weighted by molar-refractivity contribution is 0.590. The summed E-state index contributed by atoms with van der Waals surface area (Å²) >= 11 is 0. The molecule has 0 bridgehead atoms. The van der Waals surface area contributed by atoms with Crippen molar-refractivity contribution in [1.29, 1.82) is 0 Å². The molecule has 0 atom stereocenters. The molecule has 4 aromatic heterocycles. The highest BCUT2D eigenvalue weighted by molar-refractivity contribution is 5.99. The monoisotopic (exact) mass is 960 g/mol. The lowest BCUT2D eigenvalue weighted by atomic mass is 9.86. The standard InChI is InChI=1S/C66H56N8/c1-65(2,3)49-39-41-55-57(43-49)73(61-37-21-33-53(69-61)47-27-15-9-16-28-47)63(71(55)59-35-19-31-51(67-59)45-23-11-7-12-24-45)64-72(60-36-20-32-52(68-60)46-25-13-8-14-26-46)56-42-40-50(66(4,5)6)44-58(56)74(64)62-38-22-34-54(70-62)48-29-17-10-18-30-48/h7-44H,1-6H3/b64-63+. The average molecular weight is 961 g/mol. The van der Waals surface area contributed by atoms with Crippen molar-refractivity contribution in [3.8, 4) is 45.0 Å². The minimum Gasteiger partial charge on any atom is -0.275 e. The molecule has 0 radical (unpaired) electrons. The highest BCUT2D eigenvalue weighted by atomic mass is 15.5. The molecule has 0 amide bonds. The fourth-order valence-corrected chi connectivity index (χ4v) is 9.97. The van der Waals surface area contributed by atoms with Crippen LogP contribution in [0.1, 0.15) is 52.7 Å². The Morgan fingerprint density at radius 2 is 0.514 bits per heavy atom. The summed E-state index contributed by atoms with van der Waals surface area (Å²) in [6, 6.07) is 80.6. The molecule has 6 heterocycles. The fraction of sp³-hybridized carbons (Fsp3) is 0.121. The van der Waals surface area contributed by atoms with E-state index in [0.29, 0.717) is 0 Å². The summed E-state index contributed by atoms with van der Waals surface area (Å²) in [6.07, 6.45) is 0. The van der Waals surface area contributed by atoms with Gasteiger partial charge in [0.2, 0.25) is 0 Å². The number of rotatable bonds is 8. The Bertz CT molecular complexity index is 3470. The second-order valence-electron chi connectivity index (χ2n) is 20.9. The molecule has 74 heavy (non-hydrogen) atoms. The van der Waals surface area contributed by atoms with Gasteiger partial charge in [-0.3, -0.25) is 19.6 Å². The van der Waals surface area contributed by atoms with Crippen LogP contribution < -0.4 is 19.6 Å².